The first kappa shape index (κ1) is 26.7. The molecule has 37 heavy (non-hydrogen) atoms. The lowest BCUT2D eigenvalue weighted by Crippen LogP contribution is -2.55. The summed E-state index contributed by atoms with van der Waals surface area (Å²) in [6.45, 7) is 6.11. The average molecular weight is 516 g/mol. The summed E-state index contributed by atoms with van der Waals surface area (Å²) in [5, 5.41) is 4.23. The van der Waals surface area contributed by atoms with E-state index in [4.69, 9.17) is 9.57 Å². The van der Waals surface area contributed by atoms with E-state index < -0.39 is 23.6 Å². The van der Waals surface area contributed by atoms with Crippen molar-refractivity contribution in [1.29, 1.82) is 0 Å². The number of ether oxygens (including phenoxy) is 1. The van der Waals surface area contributed by atoms with Crippen LogP contribution in [0.3, 0.4) is 0 Å². The molecule has 2 aliphatic heterocycles. The van der Waals surface area contributed by atoms with Crippen LogP contribution in [0.4, 0.5) is 9.59 Å². The van der Waals surface area contributed by atoms with Gasteiger partial charge in [-0.15, -0.1) is 0 Å². The number of carbonyl (C=O) groups is 4. The molecule has 2 atom stereocenters. The molecule has 11 heteroatoms. The zero-order valence-corrected chi connectivity index (χ0v) is 21.7. The van der Waals surface area contributed by atoms with E-state index in [1.807, 2.05) is 51.1 Å². The highest BCUT2D eigenvalue weighted by molar-refractivity contribution is 5.90. The van der Waals surface area contributed by atoms with Gasteiger partial charge in [-0.2, -0.15) is 5.06 Å². The van der Waals surface area contributed by atoms with Crippen LogP contribution in [-0.4, -0.2) is 64.2 Å². The molecule has 3 aliphatic rings. The number of fused-ring (bicyclic) bond motifs is 2. The van der Waals surface area contributed by atoms with Crippen molar-refractivity contribution >= 4 is 23.9 Å². The van der Waals surface area contributed by atoms with Crippen molar-refractivity contribution in [3.05, 3.63) is 35.9 Å². The molecule has 3 N–H and O–H groups in total. The maximum atomic E-state index is 12.9. The first-order valence-corrected chi connectivity index (χ1v) is 13.0. The van der Waals surface area contributed by atoms with Gasteiger partial charge in [0.15, 0.2) is 0 Å². The minimum absolute atomic E-state index is 0.0445. The Hall–Kier alpha value is -3.34. The SMILES string of the molecule is CC(C)(C)OC(=O)NC1CCC(C(=O)NNC(=O)[C@@H]2CCC3CN2C(=O)N3OCc2ccccc2)CC1. The summed E-state index contributed by atoms with van der Waals surface area (Å²) in [6.07, 6.45) is 3.15. The van der Waals surface area contributed by atoms with Crippen LogP contribution in [0.1, 0.15) is 64.9 Å². The zero-order chi connectivity index (χ0) is 26.6. The second-order valence-electron chi connectivity index (χ2n) is 10.9. The fourth-order valence-corrected chi connectivity index (χ4v) is 5.07. The standard InChI is InChI=1S/C26H37N5O6/c1-26(2,3)37-24(34)27-19-11-9-18(10-12-19)22(32)28-29-23(33)21-14-13-20-15-30(21)25(35)31(20)36-16-17-7-5-4-6-8-17/h4-8,18-21H,9-16H2,1-3H3,(H,27,34)(H,28,32)(H,29,33)/t18?,19?,20?,21-/m0/s1. The van der Waals surface area contributed by atoms with Crippen molar-refractivity contribution in [2.45, 2.75) is 89.6 Å². The van der Waals surface area contributed by atoms with E-state index in [1.54, 1.807) is 0 Å². The molecule has 0 radical (unpaired) electrons. The third kappa shape index (κ3) is 6.91. The minimum Gasteiger partial charge on any atom is -0.444 e. The molecule has 1 unspecified atom stereocenters. The second kappa shape index (κ2) is 11.4. The molecule has 1 aromatic carbocycles. The molecule has 3 fully saturated rings. The Kier molecular flexibility index (Phi) is 8.21. The molecular weight excluding hydrogens is 478 g/mol. The van der Waals surface area contributed by atoms with Crippen molar-refractivity contribution < 1.29 is 28.8 Å². The summed E-state index contributed by atoms with van der Waals surface area (Å²) < 4.78 is 5.29. The van der Waals surface area contributed by atoms with E-state index in [-0.39, 0.29) is 36.5 Å². The van der Waals surface area contributed by atoms with Gasteiger partial charge in [-0.05, 0) is 64.9 Å². The fraction of sp³-hybridized carbons (Fsp3) is 0.615. The second-order valence-corrected chi connectivity index (χ2v) is 10.9. The third-order valence-corrected chi connectivity index (χ3v) is 6.97. The van der Waals surface area contributed by atoms with Crippen LogP contribution in [0, 0.1) is 5.92 Å². The molecule has 5 amide bonds. The number of benzene rings is 1. The Morgan fingerprint density at radius 2 is 1.62 bits per heavy atom. The van der Waals surface area contributed by atoms with Gasteiger partial charge >= 0.3 is 12.1 Å². The number of alkyl carbamates (subject to hydrolysis) is 1. The summed E-state index contributed by atoms with van der Waals surface area (Å²) in [6, 6.07) is 8.45. The Labute approximate surface area is 217 Å². The summed E-state index contributed by atoms with van der Waals surface area (Å²) in [4.78, 5) is 57.7. The zero-order valence-electron chi connectivity index (χ0n) is 21.7. The normalized spacial score (nSPS) is 25.4. The molecule has 1 aromatic rings. The summed E-state index contributed by atoms with van der Waals surface area (Å²) in [5.74, 6) is -0.938. The lowest BCUT2D eigenvalue weighted by Gasteiger charge is -2.31. The van der Waals surface area contributed by atoms with Gasteiger partial charge in [0.25, 0.3) is 5.91 Å². The fourth-order valence-electron chi connectivity index (χ4n) is 5.07. The van der Waals surface area contributed by atoms with Crippen molar-refractivity contribution in [2.24, 2.45) is 5.92 Å². The summed E-state index contributed by atoms with van der Waals surface area (Å²) >= 11 is 0. The summed E-state index contributed by atoms with van der Waals surface area (Å²) in [5.41, 5.74) is 5.44. The number of piperidine rings is 1. The molecular formula is C26H37N5O6. The predicted octanol–water partition coefficient (Wildman–Crippen LogP) is 2.62. The Morgan fingerprint density at radius 3 is 2.30 bits per heavy atom. The van der Waals surface area contributed by atoms with Gasteiger partial charge in [0.05, 0.1) is 6.04 Å². The van der Waals surface area contributed by atoms with E-state index in [0.29, 0.717) is 45.1 Å². The lowest BCUT2D eigenvalue weighted by atomic mass is 9.85. The number of carbonyl (C=O) groups excluding carboxylic acids is 4. The van der Waals surface area contributed by atoms with E-state index in [9.17, 15) is 19.2 Å². The molecule has 0 aromatic heterocycles. The van der Waals surface area contributed by atoms with Crippen molar-refractivity contribution in [3.8, 4) is 0 Å². The first-order chi connectivity index (χ1) is 17.6. The maximum absolute atomic E-state index is 12.9. The first-order valence-electron chi connectivity index (χ1n) is 13.0. The van der Waals surface area contributed by atoms with Crippen LogP contribution in [0.2, 0.25) is 0 Å². The average Bonchev–Trinajstić information content (AvgIpc) is 3.10. The highest BCUT2D eigenvalue weighted by Gasteiger charge is 2.48. The molecule has 0 spiro atoms. The van der Waals surface area contributed by atoms with Crippen molar-refractivity contribution in [2.75, 3.05) is 6.54 Å². The van der Waals surface area contributed by atoms with Crippen LogP contribution in [0.5, 0.6) is 0 Å². The van der Waals surface area contributed by atoms with E-state index in [2.05, 4.69) is 16.2 Å². The number of hydrogen-bond acceptors (Lipinski definition) is 6. The quantitative estimate of drug-likeness (QED) is 0.500. The third-order valence-electron chi connectivity index (χ3n) is 6.97. The predicted molar refractivity (Wildman–Crippen MR) is 133 cm³/mol. The molecule has 1 saturated carbocycles. The van der Waals surface area contributed by atoms with Gasteiger partial charge in [0, 0.05) is 18.5 Å². The number of rotatable bonds is 6. The molecule has 11 nitrogen and oxygen atoms in total. The van der Waals surface area contributed by atoms with E-state index in [0.717, 1.165) is 5.56 Å². The monoisotopic (exact) mass is 515 g/mol. The van der Waals surface area contributed by atoms with E-state index in [1.165, 1.54) is 9.96 Å². The number of nitrogens with zero attached hydrogens (tertiary/aromatic N) is 2. The van der Waals surface area contributed by atoms with Crippen LogP contribution in [0.25, 0.3) is 0 Å². The molecule has 4 rings (SSSR count). The number of hydroxylamine groups is 2. The van der Waals surface area contributed by atoms with Gasteiger partial charge in [-0.3, -0.25) is 25.3 Å². The van der Waals surface area contributed by atoms with Crippen molar-refractivity contribution in [1.82, 2.24) is 26.1 Å². The number of hydrogen-bond donors (Lipinski definition) is 3. The number of urea groups is 1. The van der Waals surface area contributed by atoms with Crippen LogP contribution < -0.4 is 16.2 Å². The van der Waals surface area contributed by atoms with Crippen LogP contribution in [0.15, 0.2) is 30.3 Å². The summed E-state index contributed by atoms with van der Waals surface area (Å²) in [7, 11) is 0. The number of hydrazine groups is 1. The Balaban J connectivity index is 1.19. The molecule has 202 valence electrons. The van der Waals surface area contributed by atoms with Gasteiger partial charge in [-0.1, -0.05) is 30.3 Å². The minimum atomic E-state index is -0.664. The van der Waals surface area contributed by atoms with Gasteiger partial charge in [0.1, 0.15) is 18.2 Å². The van der Waals surface area contributed by atoms with Gasteiger partial charge < -0.3 is 15.0 Å². The van der Waals surface area contributed by atoms with Gasteiger partial charge in [0.2, 0.25) is 5.91 Å². The van der Waals surface area contributed by atoms with Gasteiger partial charge in [-0.25, -0.2) is 9.59 Å². The molecule has 1 aliphatic carbocycles. The molecule has 2 saturated heterocycles. The van der Waals surface area contributed by atoms with Crippen LogP contribution in [-0.2, 0) is 25.8 Å². The lowest BCUT2D eigenvalue weighted by molar-refractivity contribution is -0.140. The number of nitrogens with one attached hydrogen (secondary N) is 3. The number of amides is 5. The molecule has 2 heterocycles. The van der Waals surface area contributed by atoms with E-state index >= 15 is 0 Å². The Bertz CT molecular complexity index is 989. The highest BCUT2D eigenvalue weighted by atomic mass is 16.7. The topological polar surface area (TPSA) is 129 Å². The van der Waals surface area contributed by atoms with Crippen LogP contribution >= 0.6 is 0 Å². The maximum Gasteiger partial charge on any atom is 0.407 e. The molecule has 2 bridgehead atoms. The highest BCUT2D eigenvalue weighted by Crippen LogP contribution is 2.30. The smallest absolute Gasteiger partial charge is 0.407 e. The van der Waals surface area contributed by atoms with Crippen molar-refractivity contribution in [3.63, 3.8) is 0 Å². The Morgan fingerprint density at radius 1 is 0.946 bits per heavy atom. The largest absolute Gasteiger partial charge is 0.444 e.